The predicted molar refractivity (Wildman–Crippen MR) is 47.0 cm³/mol. The Bertz CT molecular complexity index is 134. The van der Waals surface area contributed by atoms with E-state index >= 15 is 0 Å². The van der Waals surface area contributed by atoms with Crippen LogP contribution in [-0.4, -0.2) is 32.5 Å². The normalized spacial score (nSPS) is 33.2. The third kappa shape index (κ3) is 2.17. The Labute approximate surface area is 73.5 Å². The molecule has 0 spiro atoms. The minimum Gasteiger partial charge on any atom is -0.384 e. The van der Waals surface area contributed by atoms with Crippen molar-refractivity contribution in [3.8, 4) is 0 Å². The van der Waals surface area contributed by atoms with Crippen LogP contribution < -0.4 is 5.32 Å². The van der Waals surface area contributed by atoms with Crippen molar-refractivity contribution in [3.05, 3.63) is 0 Å². The topological polar surface area (TPSA) is 21.3 Å². The second kappa shape index (κ2) is 4.19. The summed E-state index contributed by atoms with van der Waals surface area (Å²) in [5, 5.41) is 3.08. The van der Waals surface area contributed by atoms with E-state index in [9.17, 15) is 4.39 Å². The fourth-order valence-corrected chi connectivity index (χ4v) is 1.71. The molecule has 1 aliphatic heterocycles. The molecule has 2 nitrogen and oxygen atoms in total. The highest BCUT2D eigenvalue weighted by Crippen LogP contribution is 2.29. The molecule has 0 saturated carbocycles. The van der Waals surface area contributed by atoms with Crippen LogP contribution in [0.2, 0.25) is 0 Å². The van der Waals surface area contributed by atoms with Crippen molar-refractivity contribution < 1.29 is 9.13 Å². The van der Waals surface area contributed by atoms with E-state index in [4.69, 9.17) is 4.74 Å². The number of piperidine rings is 1. The van der Waals surface area contributed by atoms with Gasteiger partial charge in [-0.1, -0.05) is 6.92 Å². The van der Waals surface area contributed by atoms with Crippen LogP contribution in [0.15, 0.2) is 0 Å². The van der Waals surface area contributed by atoms with Gasteiger partial charge in [0.05, 0.1) is 6.61 Å². The maximum absolute atomic E-state index is 14.0. The highest BCUT2D eigenvalue weighted by atomic mass is 19.1. The Morgan fingerprint density at radius 2 is 2.42 bits per heavy atom. The van der Waals surface area contributed by atoms with Crippen molar-refractivity contribution in [3.63, 3.8) is 0 Å². The van der Waals surface area contributed by atoms with Crippen LogP contribution in [0.3, 0.4) is 0 Å². The van der Waals surface area contributed by atoms with Gasteiger partial charge >= 0.3 is 0 Å². The van der Waals surface area contributed by atoms with Gasteiger partial charge in [0, 0.05) is 19.6 Å². The number of alkyl halides is 1. The second-order valence-electron chi connectivity index (χ2n) is 3.67. The predicted octanol–water partition coefficient (Wildman–Crippen LogP) is 1.36. The van der Waals surface area contributed by atoms with Gasteiger partial charge in [0.1, 0.15) is 5.67 Å². The maximum atomic E-state index is 14.0. The SMILES string of the molecule is COCC(C)C1(F)CCCNC1. The molecule has 2 unspecified atom stereocenters. The molecule has 0 amide bonds. The average molecular weight is 175 g/mol. The van der Waals surface area contributed by atoms with E-state index in [1.54, 1.807) is 7.11 Å². The third-order valence-corrected chi connectivity index (χ3v) is 2.66. The van der Waals surface area contributed by atoms with Crippen LogP contribution in [0.25, 0.3) is 0 Å². The van der Waals surface area contributed by atoms with E-state index in [1.807, 2.05) is 6.92 Å². The molecule has 72 valence electrons. The molecule has 3 heteroatoms. The van der Waals surface area contributed by atoms with Crippen LogP contribution in [0.5, 0.6) is 0 Å². The lowest BCUT2D eigenvalue weighted by atomic mass is 9.85. The highest BCUT2D eigenvalue weighted by Gasteiger charge is 2.37. The standard InChI is InChI=1S/C9H18FNO/c1-8(6-12-2)9(10)4-3-5-11-7-9/h8,11H,3-7H2,1-2H3. The summed E-state index contributed by atoms with van der Waals surface area (Å²) >= 11 is 0. The summed E-state index contributed by atoms with van der Waals surface area (Å²) < 4.78 is 19.0. The molecular formula is C9H18FNO. The van der Waals surface area contributed by atoms with Gasteiger partial charge in [-0.05, 0) is 19.4 Å². The number of methoxy groups -OCH3 is 1. The monoisotopic (exact) mass is 175 g/mol. The molecular weight excluding hydrogens is 157 g/mol. The van der Waals surface area contributed by atoms with E-state index in [2.05, 4.69) is 5.32 Å². The van der Waals surface area contributed by atoms with Crippen molar-refractivity contribution in [1.29, 1.82) is 0 Å². The lowest BCUT2D eigenvalue weighted by Crippen LogP contribution is -2.47. The van der Waals surface area contributed by atoms with Gasteiger partial charge < -0.3 is 10.1 Å². The fourth-order valence-electron chi connectivity index (χ4n) is 1.71. The van der Waals surface area contributed by atoms with Crippen LogP contribution in [0, 0.1) is 5.92 Å². The summed E-state index contributed by atoms with van der Waals surface area (Å²) in [6.07, 6.45) is 1.61. The van der Waals surface area contributed by atoms with Gasteiger partial charge in [-0.2, -0.15) is 0 Å². The summed E-state index contributed by atoms with van der Waals surface area (Å²) in [6, 6.07) is 0. The van der Waals surface area contributed by atoms with Crippen molar-refractivity contribution >= 4 is 0 Å². The molecule has 0 radical (unpaired) electrons. The van der Waals surface area contributed by atoms with E-state index in [0.29, 0.717) is 19.6 Å². The summed E-state index contributed by atoms with van der Waals surface area (Å²) in [7, 11) is 1.62. The van der Waals surface area contributed by atoms with Crippen molar-refractivity contribution in [2.75, 3.05) is 26.8 Å². The molecule has 1 N–H and O–H groups in total. The first-order valence-electron chi connectivity index (χ1n) is 4.57. The van der Waals surface area contributed by atoms with Crippen LogP contribution >= 0.6 is 0 Å². The Morgan fingerprint density at radius 3 is 2.92 bits per heavy atom. The van der Waals surface area contributed by atoms with E-state index in [1.165, 1.54) is 0 Å². The molecule has 1 heterocycles. The molecule has 12 heavy (non-hydrogen) atoms. The quantitative estimate of drug-likeness (QED) is 0.699. The van der Waals surface area contributed by atoms with Crippen LogP contribution in [0.1, 0.15) is 19.8 Å². The second-order valence-corrected chi connectivity index (χ2v) is 3.67. The highest BCUT2D eigenvalue weighted by molar-refractivity contribution is 4.89. The minimum absolute atomic E-state index is 0.00435. The van der Waals surface area contributed by atoms with Crippen molar-refractivity contribution in [2.24, 2.45) is 5.92 Å². The molecule has 1 aliphatic rings. The fraction of sp³-hybridized carbons (Fsp3) is 1.00. The molecule has 1 fully saturated rings. The first-order chi connectivity index (χ1) is 5.69. The first-order valence-corrected chi connectivity index (χ1v) is 4.57. The minimum atomic E-state index is -1.05. The third-order valence-electron chi connectivity index (χ3n) is 2.66. The number of hydrogen-bond donors (Lipinski definition) is 1. The van der Waals surface area contributed by atoms with Crippen LogP contribution in [-0.2, 0) is 4.74 Å². The van der Waals surface area contributed by atoms with Crippen molar-refractivity contribution in [2.45, 2.75) is 25.4 Å². The lowest BCUT2D eigenvalue weighted by Gasteiger charge is -2.34. The summed E-state index contributed by atoms with van der Waals surface area (Å²) in [4.78, 5) is 0. The summed E-state index contributed by atoms with van der Waals surface area (Å²) in [5.74, 6) is -0.00435. The molecule has 1 rings (SSSR count). The lowest BCUT2D eigenvalue weighted by molar-refractivity contribution is 0.0151. The maximum Gasteiger partial charge on any atom is 0.128 e. The molecule has 0 bridgehead atoms. The van der Waals surface area contributed by atoms with Gasteiger partial charge in [0.2, 0.25) is 0 Å². The molecule has 0 aromatic carbocycles. The van der Waals surface area contributed by atoms with E-state index < -0.39 is 5.67 Å². The first kappa shape index (κ1) is 9.93. The summed E-state index contributed by atoms with van der Waals surface area (Å²) in [6.45, 7) is 3.86. The van der Waals surface area contributed by atoms with Gasteiger partial charge in [-0.15, -0.1) is 0 Å². The zero-order chi connectivity index (χ0) is 9.03. The van der Waals surface area contributed by atoms with Crippen LogP contribution in [0.4, 0.5) is 4.39 Å². The van der Waals surface area contributed by atoms with E-state index in [-0.39, 0.29) is 5.92 Å². The largest absolute Gasteiger partial charge is 0.384 e. The van der Waals surface area contributed by atoms with Gasteiger partial charge in [0.15, 0.2) is 0 Å². The average Bonchev–Trinajstić information content (AvgIpc) is 2.06. The Kier molecular flexibility index (Phi) is 3.47. The Morgan fingerprint density at radius 1 is 1.67 bits per heavy atom. The number of halogens is 1. The molecule has 2 atom stereocenters. The van der Waals surface area contributed by atoms with Gasteiger partial charge in [0.25, 0.3) is 0 Å². The smallest absolute Gasteiger partial charge is 0.128 e. The van der Waals surface area contributed by atoms with Gasteiger partial charge in [-0.3, -0.25) is 0 Å². The number of nitrogens with one attached hydrogen (secondary N) is 1. The van der Waals surface area contributed by atoms with E-state index in [0.717, 1.165) is 13.0 Å². The molecule has 0 aromatic heterocycles. The zero-order valence-corrected chi connectivity index (χ0v) is 7.90. The summed E-state index contributed by atoms with van der Waals surface area (Å²) in [5.41, 5.74) is -1.05. The molecule has 1 saturated heterocycles. The molecule has 0 aliphatic carbocycles. The molecule has 0 aromatic rings. The number of ether oxygens (including phenoxy) is 1. The Balaban J connectivity index is 2.44. The number of rotatable bonds is 3. The Hall–Kier alpha value is -0.150. The van der Waals surface area contributed by atoms with Gasteiger partial charge in [-0.25, -0.2) is 4.39 Å². The van der Waals surface area contributed by atoms with Crippen molar-refractivity contribution in [1.82, 2.24) is 5.32 Å². The number of hydrogen-bond acceptors (Lipinski definition) is 2. The zero-order valence-electron chi connectivity index (χ0n) is 7.90.